The van der Waals surface area contributed by atoms with E-state index in [1.54, 1.807) is 18.5 Å². The van der Waals surface area contributed by atoms with Gasteiger partial charge in [-0.1, -0.05) is 6.92 Å². The van der Waals surface area contributed by atoms with Crippen LogP contribution in [0.25, 0.3) is 4.96 Å². The third-order valence-corrected chi connectivity index (χ3v) is 5.40. The van der Waals surface area contributed by atoms with E-state index in [0.717, 1.165) is 0 Å². The maximum absolute atomic E-state index is 12.6. The van der Waals surface area contributed by atoms with Gasteiger partial charge in [0, 0.05) is 24.7 Å². The zero-order valence-electron chi connectivity index (χ0n) is 10.3. The Hall–Kier alpha value is -1.20. The van der Waals surface area contributed by atoms with Crippen molar-refractivity contribution in [3.8, 4) is 0 Å². The number of rotatable bonds is 6. The van der Waals surface area contributed by atoms with Gasteiger partial charge < -0.3 is 10.5 Å². The Morgan fingerprint density at radius 2 is 2.37 bits per heavy atom. The minimum Gasteiger partial charge on any atom is -0.395 e. The van der Waals surface area contributed by atoms with Crippen molar-refractivity contribution < 1.29 is 13.5 Å². The molecule has 0 saturated carbocycles. The molecular formula is C9H15N5O3S2. The normalized spacial score (nSPS) is 12.4. The van der Waals surface area contributed by atoms with Gasteiger partial charge in [0.05, 0.1) is 6.61 Å². The highest BCUT2D eigenvalue weighted by Crippen LogP contribution is 2.27. The van der Waals surface area contributed by atoms with Gasteiger partial charge in [-0.15, -0.1) is 11.3 Å². The summed E-state index contributed by atoms with van der Waals surface area (Å²) in [5.74, 6) is 5.43. The summed E-state index contributed by atoms with van der Waals surface area (Å²) in [7, 11) is -3.77. The zero-order valence-corrected chi connectivity index (χ0v) is 11.9. The van der Waals surface area contributed by atoms with Crippen molar-refractivity contribution in [1.82, 2.24) is 13.7 Å². The zero-order chi connectivity index (χ0) is 14.0. The van der Waals surface area contributed by atoms with Gasteiger partial charge >= 0.3 is 0 Å². The predicted molar refractivity (Wildman–Crippen MR) is 72.4 cm³/mol. The summed E-state index contributed by atoms with van der Waals surface area (Å²) in [6.07, 6.45) is 1.62. The molecule has 0 aromatic carbocycles. The standard InChI is InChI=1S/C9H15N5O3S2/c1-2-13(3-5-15)19(16,17)8-7(12-10)11-9-14(8)4-6-18-9/h4,6,12,15H,2-3,5,10H2,1H3. The average Bonchev–Trinajstić information content (AvgIpc) is 2.94. The van der Waals surface area contributed by atoms with Crippen molar-refractivity contribution in [2.75, 3.05) is 25.1 Å². The lowest BCUT2D eigenvalue weighted by Crippen LogP contribution is -2.34. The maximum atomic E-state index is 12.6. The van der Waals surface area contributed by atoms with Crippen LogP contribution in [0, 0.1) is 0 Å². The van der Waals surface area contributed by atoms with Gasteiger partial charge in [-0.3, -0.25) is 4.40 Å². The van der Waals surface area contributed by atoms with Crippen LogP contribution in [0.1, 0.15) is 6.92 Å². The Labute approximate surface area is 114 Å². The van der Waals surface area contributed by atoms with Crippen molar-refractivity contribution in [2.24, 2.45) is 5.84 Å². The Bertz CT molecular complexity index is 662. The van der Waals surface area contributed by atoms with Crippen molar-refractivity contribution in [3.05, 3.63) is 11.6 Å². The number of sulfonamides is 1. The molecule has 0 atom stereocenters. The van der Waals surface area contributed by atoms with E-state index < -0.39 is 10.0 Å². The number of hydrogen-bond donors (Lipinski definition) is 3. The Morgan fingerprint density at radius 1 is 1.63 bits per heavy atom. The lowest BCUT2D eigenvalue weighted by atomic mass is 10.6. The number of imidazole rings is 1. The monoisotopic (exact) mass is 305 g/mol. The number of fused-ring (bicyclic) bond motifs is 1. The van der Waals surface area contributed by atoms with Crippen molar-refractivity contribution in [3.63, 3.8) is 0 Å². The van der Waals surface area contributed by atoms with Gasteiger partial charge in [0.1, 0.15) is 0 Å². The summed E-state index contributed by atoms with van der Waals surface area (Å²) in [4.78, 5) is 4.65. The summed E-state index contributed by atoms with van der Waals surface area (Å²) >= 11 is 1.31. The van der Waals surface area contributed by atoms with Gasteiger partial charge in [0.25, 0.3) is 10.0 Å². The van der Waals surface area contributed by atoms with Crippen LogP contribution in [0.15, 0.2) is 16.6 Å². The van der Waals surface area contributed by atoms with Gasteiger partial charge in [0.15, 0.2) is 10.8 Å². The predicted octanol–water partition coefficient (Wildman–Crippen LogP) is -0.316. The van der Waals surface area contributed by atoms with E-state index in [4.69, 9.17) is 10.9 Å². The number of nitrogen functional groups attached to an aromatic ring is 1. The average molecular weight is 305 g/mol. The number of nitrogens with one attached hydrogen (secondary N) is 1. The van der Waals surface area contributed by atoms with Gasteiger partial charge in [-0.25, -0.2) is 14.3 Å². The molecule has 0 radical (unpaired) electrons. The molecule has 4 N–H and O–H groups in total. The lowest BCUT2D eigenvalue weighted by Gasteiger charge is -2.19. The number of hydrogen-bond acceptors (Lipinski definition) is 7. The molecule has 2 aromatic heterocycles. The first kappa shape index (κ1) is 14.2. The molecule has 0 fully saturated rings. The Kier molecular flexibility index (Phi) is 4.06. The molecule has 0 aliphatic carbocycles. The van der Waals surface area contributed by atoms with Crippen LogP contribution in [-0.4, -0.2) is 46.9 Å². The number of nitrogens with zero attached hydrogens (tertiary/aromatic N) is 3. The smallest absolute Gasteiger partial charge is 0.263 e. The first-order chi connectivity index (χ1) is 9.06. The first-order valence-corrected chi connectivity index (χ1v) is 7.91. The van der Waals surface area contributed by atoms with Crippen molar-refractivity contribution in [1.29, 1.82) is 0 Å². The molecule has 106 valence electrons. The second-order valence-electron chi connectivity index (χ2n) is 3.69. The number of thiazole rings is 1. The fourth-order valence-corrected chi connectivity index (χ4v) is 4.21. The molecule has 0 amide bonds. The summed E-state index contributed by atoms with van der Waals surface area (Å²) in [6, 6.07) is 0. The molecule has 10 heteroatoms. The second-order valence-corrected chi connectivity index (χ2v) is 6.41. The first-order valence-electron chi connectivity index (χ1n) is 5.59. The van der Waals surface area contributed by atoms with E-state index >= 15 is 0 Å². The highest BCUT2D eigenvalue weighted by molar-refractivity contribution is 7.89. The van der Waals surface area contributed by atoms with Crippen molar-refractivity contribution >= 4 is 32.1 Å². The minimum atomic E-state index is -3.77. The van der Waals surface area contributed by atoms with Crippen LogP contribution in [0.5, 0.6) is 0 Å². The number of likely N-dealkylation sites (N-methyl/N-ethyl adjacent to an activating group) is 1. The number of aliphatic hydroxyl groups is 1. The minimum absolute atomic E-state index is 0.0125. The topological polar surface area (TPSA) is 113 Å². The summed E-state index contributed by atoms with van der Waals surface area (Å²) in [5, 5.41) is 10.7. The third kappa shape index (κ3) is 2.32. The van der Waals surface area contributed by atoms with E-state index in [1.165, 1.54) is 20.0 Å². The molecule has 0 unspecified atom stereocenters. The van der Waals surface area contributed by atoms with E-state index in [9.17, 15) is 8.42 Å². The quantitative estimate of drug-likeness (QED) is 0.498. The molecule has 0 bridgehead atoms. The molecule has 0 spiro atoms. The summed E-state index contributed by atoms with van der Waals surface area (Å²) in [5.41, 5.74) is 2.30. The van der Waals surface area contributed by atoms with Crippen LogP contribution in [0.3, 0.4) is 0 Å². The Balaban J connectivity index is 2.61. The fraction of sp³-hybridized carbons (Fsp3) is 0.444. The van der Waals surface area contributed by atoms with Crippen LogP contribution >= 0.6 is 11.3 Å². The van der Waals surface area contributed by atoms with Crippen LogP contribution in [-0.2, 0) is 10.0 Å². The summed E-state index contributed by atoms with van der Waals surface area (Å²) in [6.45, 7) is 1.74. The molecule has 19 heavy (non-hydrogen) atoms. The number of aliphatic hydroxyl groups excluding tert-OH is 1. The van der Waals surface area contributed by atoms with Crippen molar-refractivity contribution in [2.45, 2.75) is 11.9 Å². The van der Waals surface area contributed by atoms with Gasteiger partial charge in [0.2, 0.25) is 5.03 Å². The van der Waals surface area contributed by atoms with E-state index in [-0.39, 0.29) is 30.5 Å². The van der Waals surface area contributed by atoms with Gasteiger partial charge in [-0.05, 0) is 0 Å². The number of hydrazine groups is 1. The maximum Gasteiger partial charge on any atom is 0.263 e. The second kappa shape index (κ2) is 5.43. The molecule has 0 aliphatic heterocycles. The van der Waals surface area contributed by atoms with Crippen LogP contribution in [0.4, 0.5) is 5.82 Å². The SMILES string of the molecule is CCN(CCO)S(=O)(=O)c1c(NN)nc2sccn12. The largest absolute Gasteiger partial charge is 0.395 e. The molecule has 8 nitrogen and oxygen atoms in total. The van der Waals surface area contributed by atoms with Crippen LogP contribution in [0.2, 0.25) is 0 Å². The Morgan fingerprint density at radius 3 is 2.95 bits per heavy atom. The van der Waals surface area contributed by atoms with E-state index in [2.05, 4.69) is 10.4 Å². The molecule has 0 aliphatic rings. The summed E-state index contributed by atoms with van der Waals surface area (Å²) < 4.78 is 27.8. The highest BCUT2D eigenvalue weighted by Gasteiger charge is 2.30. The molecular weight excluding hydrogens is 290 g/mol. The fourth-order valence-electron chi connectivity index (χ4n) is 1.79. The third-order valence-electron chi connectivity index (χ3n) is 2.64. The number of nitrogens with two attached hydrogens (primary N) is 1. The highest BCUT2D eigenvalue weighted by atomic mass is 32.2. The van der Waals surface area contributed by atoms with Gasteiger partial charge in [-0.2, -0.15) is 9.29 Å². The van der Waals surface area contributed by atoms with E-state index in [0.29, 0.717) is 4.96 Å². The molecule has 2 aromatic rings. The van der Waals surface area contributed by atoms with Crippen LogP contribution < -0.4 is 11.3 Å². The molecule has 0 saturated heterocycles. The number of anilines is 1. The number of aromatic nitrogens is 2. The molecule has 2 heterocycles. The molecule has 2 rings (SSSR count). The van der Waals surface area contributed by atoms with E-state index in [1.807, 2.05) is 0 Å². The lowest BCUT2D eigenvalue weighted by molar-refractivity contribution is 0.256.